The minimum absolute atomic E-state index is 0.0890. The molecule has 0 aliphatic carbocycles. The number of nitro groups is 1. The van der Waals surface area contributed by atoms with E-state index in [2.05, 4.69) is 15.2 Å². The Labute approximate surface area is 160 Å². The van der Waals surface area contributed by atoms with Gasteiger partial charge in [-0.3, -0.25) is 4.90 Å². The number of ether oxygens (including phenoxy) is 1. The van der Waals surface area contributed by atoms with Gasteiger partial charge in [0.05, 0.1) is 25.5 Å². The van der Waals surface area contributed by atoms with Gasteiger partial charge in [-0.1, -0.05) is 18.2 Å². The van der Waals surface area contributed by atoms with E-state index in [9.17, 15) is 14.5 Å². The fourth-order valence-electron chi connectivity index (χ4n) is 3.50. The molecular formula is C19H20FN5O3. The average Bonchev–Trinajstić information content (AvgIpc) is 3.09. The van der Waals surface area contributed by atoms with Gasteiger partial charge < -0.3 is 20.2 Å². The molecule has 2 aromatic heterocycles. The van der Waals surface area contributed by atoms with Crippen molar-refractivity contribution in [1.29, 1.82) is 0 Å². The summed E-state index contributed by atoms with van der Waals surface area (Å²) in [7, 11) is 0. The quantitative estimate of drug-likeness (QED) is 0.519. The number of aromatic nitrogens is 2. The summed E-state index contributed by atoms with van der Waals surface area (Å²) < 4.78 is 20.2. The summed E-state index contributed by atoms with van der Waals surface area (Å²) in [6, 6.07) is 11.5. The second-order valence-corrected chi connectivity index (χ2v) is 6.57. The Hall–Kier alpha value is -3.04. The number of halogens is 1. The number of nitrogens with one attached hydrogen (secondary N) is 1. The smallest absolute Gasteiger partial charge is 0.372 e. The molecule has 4 rings (SSSR count). The highest BCUT2D eigenvalue weighted by atomic mass is 19.1. The van der Waals surface area contributed by atoms with Crippen LogP contribution in [0.1, 0.15) is 11.6 Å². The van der Waals surface area contributed by atoms with E-state index >= 15 is 0 Å². The Morgan fingerprint density at radius 3 is 2.68 bits per heavy atom. The van der Waals surface area contributed by atoms with Crippen LogP contribution in [0.3, 0.4) is 0 Å². The maximum Gasteiger partial charge on any atom is 0.372 e. The fraction of sp³-hybridized carbons (Fsp3) is 0.316. The van der Waals surface area contributed by atoms with Gasteiger partial charge in [0.15, 0.2) is 0 Å². The molecule has 9 heteroatoms. The molecule has 1 aliphatic heterocycles. The third kappa shape index (κ3) is 3.67. The molecule has 0 bridgehead atoms. The zero-order chi connectivity index (χ0) is 19.5. The number of hydrogen-bond donors (Lipinski definition) is 1. The molecule has 8 nitrogen and oxygen atoms in total. The topological polar surface area (TPSA) is 84.9 Å². The van der Waals surface area contributed by atoms with Crippen molar-refractivity contribution in [1.82, 2.24) is 14.3 Å². The maximum absolute atomic E-state index is 13.4. The number of morpholine rings is 1. The summed E-state index contributed by atoms with van der Waals surface area (Å²) in [5.74, 6) is -0.180. The lowest BCUT2D eigenvalue weighted by Crippen LogP contribution is -2.41. The third-order valence-corrected chi connectivity index (χ3v) is 4.88. The first kappa shape index (κ1) is 18.3. The lowest BCUT2D eigenvalue weighted by Gasteiger charge is -2.34. The zero-order valence-electron chi connectivity index (χ0n) is 15.1. The molecule has 1 aromatic carbocycles. The average molecular weight is 385 g/mol. The number of hydrogen-bond acceptors (Lipinski definition) is 6. The third-order valence-electron chi connectivity index (χ3n) is 4.88. The summed E-state index contributed by atoms with van der Waals surface area (Å²) >= 11 is 0. The summed E-state index contributed by atoms with van der Waals surface area (Å²) in [5.41, 5.74) is 1.43. The first-order valence-corrected chi connectivity index (χ1v) is 9.06. The van der Waals surface area contributed by atoms with E-state index in [1.807, 2.05) is 0 Å². The van der Waals surface area contributed by atoms with Crippen molar-refractivity contribution in [2.24, 2.45) is 0 Å². The first-order valence-electron chi connectivity index (χ1n) is 9.06. The highest BCUT2D eigenvalue weighted by Gasteiger charge is 2.26. The maximum atomic E-state index is 13.4. The van der Waals surface area contributed by atoms with Gasteiger partial charge in [0.1, 0.15) is 5.82 Å². The van der Waals surface area contributed by atoms with Gasteiger partial charge in [-0.15, -0.1) is 0 Å². The molecule has 1 atom stereocenters. The van der Waals surface area contributed by atoms with Crippen molar-refractivity contribution in [3.63, 3.8) is 0 Å². The van der Waals surface area contributed by atoms with E-state index in [0.29, 0.717) is 25.4 Å². The van der Waals surface area contributed by atoms with Crippen molar-refractivity contribution >= 4 is 17.3 Å². The molecule has 28 heavy (non-hydrogen) atoms. The van der Waals surface area contributed by atoms with Gasteiger partial charge in [-0.25, -0.2) is 4.39 Å². The monoisotopic (exact) mass is 385 g/mol. The summed E-state index contributed by atoms with van der Waals surface area (Å²) in [4.78, 5) is 17.7. The summed E-state index contributed by atoms with van der Waals surface area (Å²) in [6.07, 6.45) is 1.62. The highest BCUT2D eigenvalue weighted by Crippen LogP contribution is 2.28. The van der Waals surface area contributed by atoms with Gasteiger partial charge in [0.2, 0.25) is 11.5 Å². The Bertz CT molecular complexity index is 969. The molecular weight excluding hydrogens is 365 g/mol. The van der Waals surface area contributed by atoms with Crippen LogP contribution in [-0.2, 0) is 4.74 Å². The molecule has 0 amide bonds. The van der Waals surface area contributed by atoms with E-state index in [1.54, 1.807) is 36.5 Å². The largest absolute Gasteiger partial charge is 0.379 e. The number of fused-ring (bicyclic) bond motifs is 1. The van der Waals surface area contributed by atoms with Crippen molar-refractivity contribution < 1.29 is 14.1 Å². The van der Waals surface area contributed by atoms with Crippen molar-refractivity contribution in [3.8, 4) is 0 Å². The van der Waals surface area contributed by atoms with Crippen LogP contribution in [0.25, 0.3) is 5.65 Å². The Kier molecular flexibility index (Phi) is 5.18. The van der Waals surface area contributed by atoms with Crippen molar-refractivity contribution in [2.45, 2.75) is 6.04 Å². The second-order valence-electron chi connectivity index (χ2n) is 6.57. The Morgan fingerprint density at radius 1 is 1.21 bits per heavy atom. The molecule has 1 N–H and O–H groups in total. The molecule has 1 fully saturated rings. The lowest BCUT2D eigenvalue weighted by molar-refractivity contribution is -0.389. The van der Waals surface area contributed by atoms with Crippen LogP contribution in [0.5, 0.6) is 0 Å². The molecule has 3 aromatic rings. The fourth-order valence-corrected chi connectivity index (χ4v) is 3.50. The van der Waals surface area contributed by atoms with E-state index in [4.69, 9.17) is 4.74 Å². The van der Waals surface area contributed by atoms with Crippen LogP contribution < -0.4 is 5.32 Å². The van der Waals surface area contributed by atoms with Crippen LogP contribution in [0, 0.1) is 15.9 Å². The molecule has 1 saturated heterocycles. The Balaban J connectivity index is 1.62. The van der Waals surface area contributed by atoms with Crippen molar-refractivity contribution in [3.05, 3.63) is 70.2 Å². The minimum Gasteiger partial charge on any atom is -0.379 e. The molecule has 146 valence electrons. The number of pyridine rings is 1. The first-order chi connectivity index (χ1) is 13.6. The van der Waals surface area contributed by atoms with Gasteiger partial charge in [0, 0.05) is 25.7 Å². The molecule has 0 spiro atoms. The van der Waals surface area contributed by atoms with Gasteiger partial charge in [0.25, 0.3) is 0 Å². The van der Waals surface area contributed by atoms with Gasteiger partial charge in [-0.2, -0.15) is 9.38 Å². The standard InChI is InChI=1S/C19H20FN5O3/c20-15-6-4-14(5-7-15)16(23-9-11-28-12-10-23)13-21-18-19(25(26)27)24-8-2-1-3-17(24)22-18/h1-8,16,21H,9-13H2. The number of imidazole rings is 1. The predicted octanol–water partition coefficient (Wildman–Crippen LogP) is 2.87. The van der Waals surface area contributed by atoms with Crippen LogP contribution in [0.4, 0.5) is 16.0 Å². The SMILES string of the molecule is O=[N+]([O-])c1c(NCC(c2ccc(F)cc2)N2CCOCC2)nc2ccccn12. The van der Waals surface area contributed by atoms with Crippen LogP contribution in [-0.4, -0.2) is 52.1 Å². The van der Waals surface area contributed by atoms with Crippen LogP contribution in [0.15, 0.2) is 48.7 Å². The Morgan fingerprint density at radius 2 is 1.96 bits per heavy atom. The minimum atomic E-state index is -0.441. The molecule has 0 radical (unpaired) electrons. The second kappa shape index (κ2) is 7.91. The molecule has 1 aliphatic rings. The van der Waals surface area contributed by atoms with Gasteiger partial charge >= 0.3 is 5.82 Å². The number of benzene rings is 1. The van der Waals surface area contributed by atoms with Gasteiger partial charge in [-0.05, 0) is 28.7 Å². The molecule has 0 saturated carbocycles. The van der Waals surface area contributed by atoms with Crippen LogP contribution in [0.2, 0.25) is 0 Å². The van der Waals surface area contributed by atoms with E-state index < -0.39 is 4.92 Å². The summed E-state index contributed by atoms with van der Waals surface area (Å²) in [5, 5.41) is 14.7. The summed E-state index contributed by atoms with van der Waals surface area (Å²) in [6.45, 7) is 3.10. The van der Waals surface area contributed by atoms with E-state index in [0.717, 1.165) is 18.7 Å². The number of rotatable bonds is 6. The number of nitrogens with zero attached hydrogens (tertiary/aromatic N) is 4. The predicted molar refractivity (Wildman–Crippen MR) is 102 cm³/mol. The van der Waals surface area contributed by atoms with E-state index in [-0.39, 0.29) is 23.5 Å². The van der Waals surface area contributed by atoms with Crippen molar-refractivity contribution in [2.75, 3.05) is 38.2 Å². The molecule has 1 unspecified atom stereocenters. The van der Waals surface area contributed by atoms with Crippen LogP contribution >= 0.6 is 0 Å². The zero-order valence-corrected chi connectivity index (χ0v) is 15.1. The number of anilines is 1. The lowest BCUT2D eigenvalue weighted by atomic mass is 10.0. The highest BCUT2D eigenvalue weighted by molar-refractivity contribution is 5.62. The molecule has 3 heterocycles. The normalized spacial score (nSPS) is 16.2. The van der Waals surface area contributed by atoms with E-state index in [1.165, 1.54) is 16.5 Å².